The van der Waals surface area contributed by atoms with Crippen molar-refractivity contribution in [1.29, 1.82) is 0 Å². The summed E-state index contributed by atoms with van der Waals surface area (Å²) in [6.07, 6.45) is -7.36. The number of halogens is 7. The summed E-state index contributed by atoms with van der Waals surface area (Å²) in [5.41, 5.74) is 0. The van der Waals surface area contributed by atoms with Gasteiger partial charge in [0.25, 0.3) is 0 Å². The molecule has 0 saturated carbocycles. The van der Waals surface area contributed by atoms with E-state index in [-0.39, 0.29) is 11.8 Å². The van der Waals surface area contributed by atoms with Gasteiger partial charge in [0.05, 0.1) is 0 Å². The summed E-state index contributed by atoms with van der Waals surface area (Å²) in [5.74, 6) is -11.4. The second-order valence-corrected chi connectivity index (χ2v) is 7.02. The van der Waals surface area contributed by atoms with E-state index in [1.165, 1.54) is 0 Å². The lowest BCUT2D eigenvalue weighted by atomic mass is 10.1. The first kappa shape index (κ1) is 24.2. The van der Waals surface area contributed by atoms with E-state index in [0.717, 1.165) is 5.39 Å². The van der Waals surface area contributed by atoms with Gasteiger partial charge < -0.3 is 14.8 Å². The van der Waals surface area contributed by atoms with Crippen LogP contribution in [0.2, 0.25) is 0 Å². The van der Waals surface area contributed by atoms with E-state index in [1.54, 1.807) is 56.3 Å². The summed E-state index contributed by atoms with van der Waals surface area (Å²) in [4.78, 5) is 0. The molecule has 0 aliphatic carbocycles. The van der Waals surface area contributed by atoms with E-state index in [0.29, 0.717) is 5.39 Å². The fourth-order valence-corrected chi connectivity index (χ4v) is 2.59. The largest absolute Gasteiger partial charge is 0.490 e. The molecule has 1 unspecified atom stereocenters. The zero-order valence-electron chi connectivity index (χ0n) is 16.3. The normalized spacial score (nSPS) is 14.3. The maximum Gasteiger partial charge on any atom is 0.426 e. The number of ether oxygens (including phenoxy) is 2. The Labute approximate surface area is 169 Å². The second kappa shape index (κ2) is 9.38. The van der Waals surface area contributed by atoms with Gasteiger partial charge in [-0.2, -0.15) is 26.3 Å². The third-order valence-electron chi connectivity index (χ3n) is 4.24. The molecule has 168 valence electrons. The van der Waals surface area contributed by atoms with Crippen LogP contribution < -0.4 is 10.1 Å². The molecule has 2 rings (SSSR count). The van der Waals surface area contributed by atoms with Gasteiger partial charge in [0.15, 0.2) is 6.67 Å². The van der Waals surface area contributed by atoms with Crippen molar-refractivity contribution in [3.05, 3.63) is 42.5 Å². The van der Waals surface area contributed by atoms with Crippen molar-refractivity contribution in [2.75, 3.05) is 19.8 Å². The molecule has 0 bridgehead atoms. The Bertz CT molecular complexity index is 824. The Morgan fingerprint density at radius 3 is 2.20 bits per heavy atom. The molecule has 2 aromatic rings. The molecule has 0 aliphatic rings. The molecule has 0 spiro atoms. The summed E-state index contributed by atoms with van der Waals surface area (Å²) >= 11 is 0. The molecule has 1 atom stereocenters. The monoisotopic (exact) mass is 441 g/mol. The Hall–Kier alpha value is -2.07. The van der Waals surface area contributed by atoms with Crippen molar-refractivity contribution in [1.82, 2.24) is 5.32 Å². The first-order valence-corrected chi connectivity index (χ1v) is 9.12. The zero-order valence-corrected chi connectivity index (χ0v) is 16.3. The van der Waals surface area contributed by atoms with Gasteiger partial charge >= 0.3 is 18.0 Å². The number of hydrogen-bond acceptors (Lipinski definition) is 3. The standard InChI is InChI=1S/C20H22F7NO2/c1-13(2)28-10-15(30-20(26,27)19(24,25)18(22,23)12-21)11-29-17-9-5-7-14-6-3-4-8-16(14)17/h3-9,13,15,28H,10-12H2,1-2H3. The van der Waals surface area contributed by atoms with E-state index < -0.39 is 43.9 Å². The van der Waals surface area contributed by atoms with Crippen molar-refractivity contribution in [2.45, 2.75) is 43.9 Å². The fourth-order valence-electron chi connectivity index (χ4n) is 2.59. The van der Waals surface area contributed by atoms with Crippen molar-refractivity contribution in [2.24, 2.45) is 0 Å². The summed E-state index contributed by atoms with van der Waals surface area (Å²) in [5, 5.41) is 4.12. The predicted molar refractivity (Wildman–Crippen MR) is 98.3 cm³/mol. The van der Waals surface area contributed by atoms with Gasteiger partial charge in [-0.1, -0.05) is 50.2 Å². The number of benzene rings is 2. The van der Waals surface area contributed by atoms with Crippen LogP contribution in [0.15, 0.2) is 42.5 Å². The van der Waals surface area contributed by atoms with Gasteiger partial charge in [-0.15, -0.1) is 0 Å². The van der Waals surface area contributed by atoms with Crippen LogP contribution in [-0.2, 0) is 4.74 Å². The van der Waals surface area contributed by atoms with Crippen LogP contribution in [-0.4, -0.2) is 49.9 Å². The third kappa shape index (κ3) is 5.34. The first-order valence-electron chi connectivity index (χ1n) is 9.12. The van der Waals surface area contributed by atoms with E-state index in [4.69, 9.17) is 4.74 Å². The van der Waals surface area contributed by atoms with Gasteiger partial charge in [0, 0.05) is 18.0 Å². The Morgan fingerprint density at radius 2 is 1.57 bits per heavy atom. The van der Waals surface area contributed by atoms with E-state index >= 15 is 0 Å². The lowest BCUT2D eigenvalue weighted by Crippen LogP contribution is -2.58. The van der Waals surface area contributed by atoms with Gasteiger partial charge in [-0.3, -0.25) is 0 Å². The van der Waals surface area contributed by atoms with Crippen LogP contribution in [0.3, 0.4) is 0 Å². The van der Waals surface area contributed by atoms with Crippen molar-refractivity contribution in [3.63, 3.8) is 0 Å². The zero-order chi connectivity index (χ0) is 22.6. The van der Waals surface area contributed by atoms with Crippen molar-refractivity contribution >= 4 is 10.8 Å². The maximum absolute atomic E-state index is 13.9. The van der Waals surface area contributed by atoms with E-state index in [9.17, 15) is 30.7 Å². The summed E-state index contributed by atoms with van der Waals surface area (Å²) in [7, 11) is 0. The van der Waals surface area contributed by atoms with Crippen LogP contribution in [0.1, 0.15) is 13.8 Å². The molecule has 0 radical (unpaired) electrons. The minimum atomic E-state index is -6.05. The lowest BCUT2D eigenvalue weighted by molar-refractivity contribution is -0.409. The average Bonchev–Trinajstić information content (AvgIpc) is 2.69. The smallest absolute Gasteiger partial charge is 0.426 e. The highest BCUT2D eigenvalue weighted by Crippen LogP contribution is 2.47. The number of fused-ring (bicyclic) bond motifs is 1. The number of alkyl halides is 7. The van der Waals surface area contributed by atoms with Crippen molar-refractivity contribution < 1.29 is 40.2 Å². The lowest BCUT2D eigenvalue weighted by Gasteiger charge is -2.33. The highest BCUT2D eigenvalue weighted by atomic mass is 19.4. The molecule has 10 heteroatoms. The number of nitrogens with one attached hydrogen (secondary N) is 1. The minimum absolute atomic E-state index is 0.241. The molecule has 3 nitrogen and oxygen atoms in total. The van der Waals surface area contributed by atoms with Crippen LogP contribution in [0.5, 0.6) is 5.75 Å². The second-order valence-electron chi connectivity index (χ2n) is 7.02. The predicted octanol–water partition coefficient (Wildman–Crippen LogP) is 5.43. The number of hydrogen-bond donors (Lipinski definition) is 1. The first-order chi connectivity index (χ1) is 13.9. The van der Waals surface area contributed by atoms with Gasteiger partial charge in [0.1, 0.15) is 18.5 Å². The van der Waals surface area contributed by atoms with Crippen LogP contribution in [0.4, 0.5) is 30.7 Å². The Balaban J connectivity index is 2.21. The fraction of sp³-hybridized carbons (Fsp3) is 0.500. The highest BCUT2D eigenvalue weighted by molar-refractivity contribution is 5.88. The van der Waals surface area contributed by atoms with E-state index in [2.05, 4.69) is 10.1 Å². The topological polar surface area (TPSA) is 30.5 Å². The maximum atomic E-state index is 13.9. The molecule has 1 N–H and O–H groups in total. The summed E-state index contributed by atoms with van der Waals surface area (Å²) < 4.78 is 103. The summed E-state index contributed by atoms with van der Waals surface area (Å²) in [6.45, 7) is -0.671. The third-order valence-corrected chi connectivity index (χ3v) is 4.24. The Morgan fingerprint density at radius 1 is 0.933 bits per heavy atom. The molecule has 0 aliphatic heterocycles. The van der Waals surface area contributed by atoms with Crippen LogP contribution >= 0.6 is 0 Å². The van der Waals surface area contributed by atoms with Gasteiger partial charge in [0.2, 0.25) is 0 Å². The molecule has 30 heavy (non-hydrogen) atoms. The number of rotatable bonds is 11. The quantitative estimate of drug-likeness (QED) is 0.472. The molecular weight excluding hydrogens is 419 g/mol. The molecule has 0 fully saturated rings. The molecule has 0 amide bonds. The van der Waals surface area contributed by atoms with Crippen LogP contribution in [0, 0.1) is 0 Å². The molecule has 2 aromatic carbocycles. The molecule has 0 aromatic heterocycles. The van der Waals surface area contributed by atoms with Gasteiger partial charge in [-0.05, 0) is 11.5 Å². The van der Waals surface area contributed by atoms with E-state index in [1.807, 2.05) is 0 Å². The Kier molecular flexibility index (Phi) is 7.57. The van der Waals surface area contributed by atoms with Crippen LogP contribution in [0.25, 0.3) is 10.8 Å². The minimum Gasteiger partial charge on any atom is -0.490 e. The average molecular weight is 441 g/mol. The summed E-state index contributed by atoms with van der Waals surface area (Å²) in [6, 6.07) is 11.7. The van der Waals surface area contributed by atoms with Gasteiger partial charge in [-0.25, -0.2) is 4.39 Å². The molecule has 0 saturated heterocycles. The SMILES string of the molecule is CC(C)NCC(COc1cccc2ccccc12)OC(F)(F)C(F)(F)C(F)(F)CF. The van der Waals surface area contributed by atoms with Crippen molar-refractivity contribution in [3.8, 4) is 5.75 Å². The highest BCUT2D eigenvalue weighted by Gasteiger charge is 2.73. The molecule has 0 heterocycles. The molecular formula is C20H22F7NO2.